The summed E-state index contributed by atoms with van der Waals surface area (Å²) in [6.45, 7) is 10.6. The van der Waals surface area contributed by atoms with E-state index in [1.165, 1.54) is 21.1 Å². The molecule has 11 nitrogen and oxygen atoms in total. The van der Waals surface area contributed by atoms with Gasteiger partial charge in [0.2, 0.25) is 5.88 Å². The number of anilines is 2. The maximum atomic E-state index is 13.5. The number of carbonyl (C=O) groups is 3. The summed E-state index contributed by atoms with van der Waals surface area (Å²) in [6, 6.07) is 7.21. The lowest BCUT2D eigenvalue weighted by molar-refractivity contribution is -0.140. The van der Waals surface area contributed by atoms with Gasteiger partial charge in [0, 0.05) is 42.4 Å². The van der Waals surface area contributed by atoms with Crippen LogP contribution in [0.25, 0.3) is 22.3 Å². The quantitative estimate of drug-likeness (QED) is 0.237. The normalized spacial score (nSPS) is 13.2. The van der Waals surface area contributed by atoms with Crippen molar-refractivity contribution in [2.24, 2.45) is 0 Å². The second kappa shape index (κ2) is 13.6. The van der Waals surface area contributed by atoms with Gasteiger partial charge in [-0.1, -0.05) is 12.1 Å². The van der Waals surface area contributed by atoms with E-state index in [4.69, 9.17) is 18.3 Å². The van der Waals surface area contributed by atoms with Crippen LogP contribution in [0, 0.1) is 0 Å². The van der Waals surface area contributed by atoms with Crippen LogP contribution in [0.5, 0.6) is 0 Å². The number of hydrogen-bond acceptors (Lipinski definition) is 12. The smallest absolute Gasteiger partial charge is 0.349 e. The molecule has 1 aliphatic rings. The van der Waals surface area contributed by atoms with Gasteiger partial charge in [0.1, 0.15) is 22.3 Å². The van der Waals surface area contributed by atoms with Crippen molar-refractivity contribution in [1.29, 1.82) is 0 Å². The number of methoxy groups -OCH3 is 2. The third-order valence-electron chi connectivity index (χ3n) is 5.86. The summed E-state index contributed by atoms with van der Waals surface area (Å²) < 4.78 is 26.1. The van der Waals surface area contributed by atoms with Gasteiger partial charge in [-0.05, 0) is 39.8 Å². The van der Waals surface area contributed by atoms with Gasteiger partial charge in [-0.3, -0.25) is 4.79 Å². The van der Waals surface area contributed by atoms with Crippen LogP contribution < -0.4 is 15.8 Å². The highest BCUT2D eigenvalue weighted by Crippen LogP contribution is 2.42. The first-order valence-corrected chi connectivity index (χ1v) is 14.2. The van der Waals surface area contributed by atoms with Gasteiger partial charge in [0.15, 0.2) is 5.76 Å². The molecule has 0 atom stereocenters. The topological polar surface area (TPSA) is 138 Å². The highest BCUT2D eigenvalue weighted by Gasteiger charge is 2.37. The van der Waals surface area contributed by atoms with E-state index in [-0.39, 0.29) is 34.3 Å². The molecule has 3 heterocycles. The summed E-state index contributed by atoms with van der Waals surface area (Å²) in [5, 5.41) is 3.81. The summed E-state index contributed by atoms with van der Waals surface area (Å²) >= 11 is 1.82. The number of benzene rings is 1. The Morgan fingerprint density at radius 1 is 1.00 bits per heavy atom. The van der Waals surface area contributed by atoms with E-state index in [2.05, 4.69) is 15.0 Å². The molecule has 0 spiro atoms. The van der Waals surface area contributed by atoms with Gasteiger partial charge in [-0.2, -0.15) is 11.8 Å². The number of hydrogen-bond donors (Lipinski definition) is 1. The molecule has 1 N–H and O–H groups in total. The number of rotatable bonds is 6. The average molecular weight is 589 g/mol. The van der Waals surface area contributed by atoms with Crippen molar-refractivity contribution in [3.63, 3.8) is 0 Å². The maximum absolute atomic E-state index is 13.5. The third-order valence-corrected chi connectivity index (χ3v) is 6.81. The first-order chi connectivity index (χ1) is 19.4. The number of carbonyl (C=O) groups excluding carboxylic acids is 3. The van der Waals surface area contributed by atoms with Crippen LogP contribution in [0.2, 0.25) is 0 Å². The van der Waals surface area contributed by atoms with E-state index in [0.29, 0.717) is 36.4 Å². The van der Waals surface area contributed by atoms with Crippen molar-refractivity contribution < 1.29 is 37.4 Å². The van der Waals surface area contributed by atoms with E-state index in [1.54, 1.807) is 19.1 Å². The fraction of sp³-hybridized carbons (Fsp3) is 0.448. The van der Waals surface area contributed by atoms with E-state index in [1.807, 2.05) is 44.7 Å². The van der Waals surface area contributed by atoms with Gasteiger partial charge in [0.25, 0.3) is 0 Å². The van der Waals surface area contributed by atoms with Gasteiger partial charge in [-0.25, -0.2) is 14.4 Å². The van der Waals surface area contributed by atoms with Crippen LogP contribution in [-0.2, 0) is 19.0 Å². The first kappa shape index (κ1) is 31.6. The Kier molecular flexibility index (Phi) is 10.5. The molecular formula is C29H36N2O9S. The predicted octanol–water partition coefficient (Wildman–Crippen LogP) is 4.96. The Balaban J connectivity index is 0.000000696. The molecule has 3 aromatic rings. The Bertz CT molecular complexity index is 1460. The van der Waals surface area contributed by atoms with Crippen LogP contribution >= 0.6 is 11.8 Å². The summed E-state index contributed by atoms with van der Waals surface area (Å²) in [4.78, 5) is 51.2. The van der Waals surface area contributed by atoms with Crippen molar-refractivity contribution in [3.05, 3.63) is 45.8 Å². The number of esters is 3. The van der Waals surface area contributed by atoms with Gasteiger partial charge < -0.3 is 33.3 Å². The van der Waals surface area contributed by atoms with Crippen molar-refractivity contribution in [2.45, 2.75) is 40.2 Å². The van der Waals surface area contributed by atoms with Gasteiger partial charge >= 0.3 is 23.5 Å². The van der Waals surface area contributed by atoms with Crippen molar-refractivity contribution in [3.8, 4) is 11.3 Å². The van der Waals surface area contributed by atoms with Gasteiger partial charge in [-0.15, -0.1) is 0 Å². The molecular weight excluding hydrogens is 552 g/mol. The van der Waals surface area contributed by atoms with Crippen LogP contribution in [-0.4, -0.2) is 68.9 Å². The number of nitrogens with one attached hydrogen (secondary N) is 1. The fourth-order valence-electron chi connectivity index (χ4n) is 4.28. The van der Waals surface area contributed by atoms with Crippen LogP contribution in [0.4, 0.5) is 11.6 Å². The third kappa shape index (κ3) is 7.43. The monoisotopic (exact) mass is 588 g/mol. The fourth-order valence-corrected chi connectivity index (χ4v) is 5.18. The number of fused-ring (bicyclic) bond motifs is 1. The lowest BCUT2D eigenvalue weighted by Gasteiger charge is -2.30. The largest absolute Gasteiger partial charge is 0.466 e. The van der Waals surface area contributed by atoms with Crippen molar-refractivity contribution >= 4 is 52.2 Å². The molecule has 0 bridgehead atoms. The molecule has 0 radical (unpaired) electrons. The first-order valence-electron chi connectivity index (χ1n) is 13.1. The number of nitrogens with zero attached hydrogens (tertiary/aromatic N) is 1. The summed E-state index contributed by atoms with van der Waals surface area (Å²) in [5.74, 6) is -0.186. The Hall–Kier alpha value is -3.93. The Morgan fingerprint density at radius 2 is 1.61 bits per heavy atom. The van der Waals surface area contributed by atoms with E-state index in [0.717, 1.165) is 11.5 Å². The summed E-state index contributed by atoms with van der Waals surface area (Å²) in [6.07, 6.45) is 0. The standard InChI is InChI=1S/C25H28N2O7S.C4H8O2/c1-25(2,3)26-21-17(23(29)32-5)16(22(28)31-4)20(34-21)18-19(27-10-12-35-13-11-27)14-8-6-7-9-15(14)33-24(18)30;1-3-6-4(2)5/h6-9,26H,10-13H2,1-5H3;3H2,1-2H3. The molecule has 222 valence electrons. The zero-order valence-electron chi connectivity index (χ0n) is 24.4. The molecule has 2 aromatic heterocycles. The Morgan fingerprint density at radius 3 is 2.15 bits per heavy atom. The van der Waals surface area contributed by atoms with Crippen molar-refractivity contribution in [2.75, 3.05) is 55.6 Å². The van der Waals surface area contributed by atoms with E-state index >= 15 is 0 Å². The lowest BCUT2D eigenvalue weighted by Crippen LogP contribution is -2.34. The predicted molar refractivity (Wildman–Crippen MR) is 158 cm³/mol. The molecule has 0 amide bonds. The molecule has 1 saturated heterocycles. The minimum atomic E-state index is -0.834. The number of furan rings is 1. The molecule has 0 unspecified atom stereocenters. The number of para-hydroxylation sites is 1. The van der Waals surface area contributed by atoms with Crippen LogP contribution in [0.1, 0.15) is 55.3 Å². The Labute approximate surface area is 242 Å². The van der Waals surface area contributed by atoms with E-state index in [9.17, 15) is 19.2 Å². The van der Waals surface area contributed by atoms with Crippen molar-refractivity contribution in [1.82, 2.24) is 0 Å². The number of ether oxygens (including phenoxy) is 3. The molecule has 0 saturated carbocycles. The highest BCUT2D eigenvalue weighted by atomic mass is 32.2. The molecule has 12 heteroatoms. The second-order valence-corrected chi connectivity index (χ2v) is 11.2. The highest BCUT2D eigenvalue weighted by molar-refractivity contribution is 7.99. The SMILES string of the molecule is CCOC(C)=O.COC(=O)c1c(NC(C)(C)C)oc(-c2c(N3CCSCC3)c3ccccc3oc2=O)c1C(=O)OC. The van der Waals surface area contributed by atoms with Gasteiger partial charge in [0.05, 0.1) is 26.5 Å². The lowest BCUT2D eigenvalue weighted by atomic mass is 10.0. The molecule has 0 aliphatic carbocycles. The van der Waals surface area contributed by atoms with Crippen LogP contribution in [0.3, 0.4) is 0 Å². The average Bonchev–Trinajstić information content (AvgIpc) is 3.29. The van der Waals surface area contributed by atoms with Crippen LogP contribution in [0.15, 0.2) is 37.9 Å². The molecule has 4 rings (SSSR count). The molecule has 1 aliphatic heterocycles. The molecule has 1 aromatic carbocycles. The molecule has 41 heavy (non-hydrogen) atoms. The maximum Gasteiger partial charge on any atom is 0.349 e. The summed E-state index contributed by atoms with van der Waals surface area (Å²) in [5.41, 5.74) is -0.487. The molecule has 1 fully saturated rings. The number of thioether (sulfide) groups is 1. The summed E-state index contributed by atoms with van der Waals surface area (Å²) in [7, 11) is 2.40. The minimum Gasteiger partial charge on any atom is -0.466 e. The second-order valence-electron chi connectivity index (χ2n) is 10.0. The zero-order chi connectivity index (χ0) is 30.3. The van der Waals surface area contributed by atoms with E-state index < -0.39 is 23.1 Å². The minimum absolute atomic E-state index is 0.00691. The zero-order valence-corrected chi connectivity index (χ0v) is 25.2.